The van der Waals surface area contributed by atoms with Crippen molar-refractivity contribution in [3.05, 3.63) is 75.9 Å². The maximum Gasteiger partial charge on any atom is 0.247 e. The van der Waals surface area contributed by atoms with Gasteiger partial charge in [0.15, 0.2) is 11.5 Å². The number of rotatable bonds is 3. The van der Waals surface area contributed by atoms with Crippen LogP contribution in [0.25, 0.3) is 6.08 Å². The molecule has 1 unspecified atom stereocenters. The van der Waals surface area contributed by atoms with Crippen LogP contribution < -0.4 is 9.47 Å². The van der Waals surface area contributed by atoms with Crippen molar-refractivity contribution in [3.8, 4) is 11.5 Å². The highest BCUT2D eigenvalue weighted by molar-refractivity contribution is 7.10. The molecule has 5 rings (SSSR count). The quantitative estimate of drug-likeness (QED) is 0.638. The Morgan fingerprint density at radius 1 is 1.19 bits per heavy atom. The molecule has 0 fully saturated rings. The zero-order valence-corrected chi connectivity index (χ0v) is 15.3. The van der Waals surface area contributed by atoms with E-state index in [2.05, 4.69) is 11.4 Å². The van der Waals surface area contributed by atoms with Crippen LogP contribution in [0.1, 0.15) is 27.6 Å². The Morgan fingerprint density at radius 3 is 3.00 bits per heavy atom. The number of carbonyl (C=O) groups is 1. The van der Waals surface area contributed by atoms with Crippen LogP contribution in [0, 0.1) is 0 Å². The fraction of sp³-hybridized carbons (Fsp3) is 0.190. The third-order valence-corrected chi connectivity index (χ3v) is 5.93. The summed E-state index contributed by atoms with van der Waals surface area (Å²) >= 11 is 1.69. The van der Waals surface area contributed by atoms with Gasteiger partial charge in [0.25, 0.3) is 0 Å². The SMILES string of the molecule is O=C(/C=C/c1ccoc1)N1CCc2ccsc2C1c1ccc2c(c1)OCO2. The highest BCUT2D eigenvalue weighted by Crippen LogP contribution is 2.42. The summed E-state index contributed by atoms with van der Waals surface area (Å²) in [5, 5.41) is 2.10. The maximum atomic E-state index is 13.0. The van der Waals surface area contributed by atoms with Crippen LogP contribution in [0.15, 0.2) is 58.7 Å². The van der Waals surface area contributed by atoms with E-state index in [9.17, 15) is 4.79 Å². The third kappa shape index (κ3) is 2.92. The second-order valence-corrected chi connectivity index (χ2v) is 7.44. The Balaban J connectivity index is 1.51. The van der Waals surface area contributed by atoms with Crippen LogP contribution in [0.5, 0.6) is 11.5 Å². The molecule has 2 aromatic heterocycles. The van der Waals surface area contributed by atoms with E-state index in [1.807, 2.05) is 29.2 Å². The van der Waals surface area contributed by atoms with Crippen molar-refractivity contribution in [2.24, 2.45) is 0 Å². The van der Waals surface area contributed by atoms with Crippen LogP contribution in [0.2, 0.25) is 0 Å². The number of hydrogen-bond acceptors (Lipinski definition) is 5. The van der Waals surface area contributed by atoms with Crippen LogP contribution in [0.3, 0.4) is 0 Å². The molecule has 0 spiro atoms. The first-order valence-corrected chi connectivity index (χ1v) is 9.64. The summed E-state index contributed by atoms with van der Waals surface area (Å²) in [5.74, 6) is 1.47. The standard InChI is InChI=1S/C21H17NO4S/c23-19(4-1-14-6-9-24-12-14)22-8-5-15-7-10-27-21(15)20(22)16-2-3-17-18(11-16)26-13-25-17/h1-4,6-7,9-12,20H,5,8,13H2/b4-1+. The number of furan rings is 1. The first-order chi connectivity index (χ1) is 13.3. The summed E-state index contributed by atoms with van der Waals surface area (Å²) < 4.78 is 16.0. The Hall–Kier alpha value is -2.99. The van der Waals surface area contributed by atoms with Gasteiger partial charge in [-0.3, -0.25) is 4.79 Å². The van der Waals surface area contributed by atoms with Gasteiger partial charge in [0.2, 0.25) is 12.7 Å². The van der Waals surface area contributed by atoms with E-state index in [1.165, 1.54) is 10.4 Å². The number of carbonyl (C=O) groups excluding carboxylic acids is 1. The second-order valence-electron chi connectivity index (χ2n) is 6.50. The predicted octanol–water partition coefficient (Wildman–Crippen LogP) is 4.26. The van der Waals surface area contributed by atoms with Crippen molar-refractivity contribution in [1.82, 2.24) is 4.90 Å². The summed E-state index contributed by atoms with van der Waals surface area (Å²) in [4.78, 5) is 16.1. The lowest BCUT2D eigenvalue weighted by Crippen LogP contribution is -2.39. The first-order valence-electron chi connectivity index (χ1n) is 8.76. The normalized spacial score (nSPS) is 18.1. The van der Waals surface area contributed by atoms with E-state index in [0.717, 1.165) is 29.0 Å². The molecule has 1 atom stereocenters. The van der Waals surface area contributed by atoms with Crippen LogP contribution in [-0.2, 0) is 11.2 Å². The molecule has 0 radical (unpaired) electrons. The zero-order chi connectivity index (χ0) is 18.2. The summed E-state index contributed by atoms with van der Waals surface area (Å²) in [6.45, 7) is 0.918. The predicted molar refractivity (Wildman–Crippen MR) is 102 cm³/mol. The molecule has 0 bridgehead atoms. The highest BCUT2D eigenvalue weighted by Gasteiger charge is 2.33. The zero-order valence-electron chi connectivity index (χ0n) is 14.5. The number of amides is 1. The molecule has 136 valence electrons. The van der Waals surface area contributed by atoms with Crippen molar-refractivity contribution in [2.45, 2.75) is 12.5 Å². The molecule has 4 heterocycles. The minimum atomic E-state index is -0.121. The molecular formula is C21H17NO4S. The number of hydrogen-bond donors (Lipinski definition) is 0. The largest absolute Gasteiger partial charge is 0.472 e. The highest BCUT2D eigenvalue weighted by atomic mass is 32.1. The molecule has 1 aromatic carbocycles. The van der Waals surface area contributed by atoms with Gasteiger partial charge in [0.1, 0.15) is 0 Å². The van der Waals surface area contributed by atoms with Crippen LogP contribution in [-0.4, -0.2) is 24.1 Å². The van der Waals surface area contributed by atoms with Gasteiger partial charge in [-0.15, -0.1) is 11.3 Å². The van der Waals surface area contributed by atoms with E-state index < -0.39 is 0 Å². The van der Waals surface area contributed by atoms with Gasteiger partial charge in [-0.25, -0.2) is 0 Å². The molecule has 27 heavy (non-hydrogen) atoms. The molecule has 0 aliphatic carbocycles. The van der Waals surface area contributed by atoms with Gasteiger partial charge in [0.05, 0.1) is 18.6 Å². The van der Waals surface area contributed by atoms with Gasteiger partial charge in [-0.1, -0.05) is 6.07 Å². The van der Waals surface area contributed by atoms with Crippen molar-refractivity contribution < 1.29 is 18.7 Å². The minimum absolute atomic E-state index is 0.0158. The van der Waals surface area contributed by atoms with Gasteiger partial charge < -0.3 is 18.8 Å². The number of nitrogens with zero attached hydrogens (tertiary/aromatic N) is 1. The molecule has 2 aliphatic heterocycles. The van der Waals surface area contributed by atoms with Crippen molar-refractivity contribution in [1.29, 1.82) is 0 Å². The number of fused-ring (bicyclic) bond motifs is 2. The van der Waals surface area contributed by atoms with E-state index in [4.69, 9.17) is 13.9 Å². The minimum Gasteiger partial charge on any atom is -0.472 e. The molecule has 2 aliphatic rings. The Bertz CT molecular complexity index is 1010. The molecule has 0 N–H and O–H groups in total. The average Bonchev–Trinajstić information content (AvgIpc) is 3.45. The van der Waals surface area contributed by atoms with Gasteiger partial charge in [-0.05, 0) is 53.3 Å². The summed E-state index contributed by atoms with van der Waals surface area (Å²) in [6.07, 6.45) is 7.48. The Morgan fingerprint density at radius 2 is 2.11 bits per heavy atom. The third-order valence-electron chi connectivity index (χ3n) is 4.92. The number of thiophene rings is 1. The lowest BCUT2D eigenvalue weighted by atomic mass is 9.95. The molecule has 0 saturated heterocycles. The van der Waals surface area contributed by atoms with Gasteiger partial charge >= 0.3 is 0 Å². The maximum absolute atomic E-state index is 13.0. The van der Waals surface area contributed by atoms with Crippen molar-refractivity contribution >= 4 is 23.3 Å². The lowest BCUT2D eigenvalue weighted by Gasteiger charge is -2.35. The molecular weight excluding hydrogens is 362 g/mol. The lowest BCUT2D eigenvalue weighted by molar-refractivity contribution is -0.127. The van der Waals surface area contributed by atoms with E-state index in [1.54, 1.807) is 36.0 Å². The van der Waals surface area contributed by atoms with E-state index in [0.29, 0.717) is 6.54 Å². The molecule has 0 saturated carbocycles. The fourth-order valence-corrected chi connectivity index (χ4v) is 4.68. The van der Waals surface area contributed by atoms with E-state index in [-0.39, 0.29) is 18.7 Å². The van der Waals surface area contributed by atoms with Crippen LogP contribution >= 0.6 is 11.3 Å². The first kappa shape index (κ1) is 16.2. The van der Waals surface area contributed by atoms with Crippen LogP contribution in [0.4, 0.5) is 0 Å². The molecule has 3 aromatic rings. The Kier molecular flexibility index (Phi) is 3.98. The topological polar surface area (TPSA) is 51.9 Å². The van der Waals surface area contributed by atoms with Gasteiger partial charge in [-0.2, -0.15) is 0 Å². The fourth-order valence-electron chi connectivity index (χ4n) is 3.59. The monoisotopic (exact) mass is 379 g/mol. The summed E-state index contributed by atoms with van der Waals surface area (Å²) in [5.41, 5.74) is 3.22. The van der Waals surface area contributed by atoms with Crippen molar-refractivity contribution in [3.63, 3.8) is 0 Å². The number of benzene rings is 1. The smallest absolute Gasteiger partial charge is 0.247 e. The van der Waals surface area contributed by atoms with Crippen molar-refractivity contribution in [2.75, 3.05) is 13.3 Å². The summed E-state index contributed by atoms with van der Waals surface area (Å²) in [7, 11) is 0. The van der Waals surface area contributed by atoms with E-state index >= 15 is 0 Å². The van der Waals surface area contributed by atoms with Gasteiger partial charge in [0, 0.05) is 23.1 Å². The molecule has 5 nitrogen and oxygen atoms in total. The molecule has 1 amide bonds. The molecule has 6 heteroatoms. The Labute approximate surface area is 160 Å². The number of ether oxygens (including phenoxy) is 2. The second kappa shape index (κ2) is 6.63. The average molecular weight is 379 g/mol. The summed E-state index contributed by atoms with van der Waals surface area (Å²) in [6, 6.07) is 9.79.